The zero-order valence-electron chi connectivity index (χ0n) is 17.7. The number of carboxylic acids is 1. The number of halogens is 6. The maximum atomic E-state index is 13.7. The summed E-state index contributed by atoms with van der Waals surface area (Å²) in [4.78, 5) is 15.0. The molecule has 182 valence electrons. The Morgan fingerprint density at radius 2 is 1.66 bits per heavy atom. The molecule has 0 aliphatic heterocycles. The molecule has 0 spiro atoms. The van der Waals surface area contributed by atoms with E-state index in [1.807, 2.05) is 0 Å². The van der Waals surface area contributed by atoms with Gasteiger partial charge in [-0.05, 0) is 41.8 Å². The van der Waals surface area contributed by atoms with Gasteiger partial charge in [0.25, 0.3) is 0 Å². The fraction of sp³-hybridized carbons (Fsp3) is 0.167. The summed E-state index contributed by atoms with van der Waals surface area (Å²) in [5.41, 5.74) is -1.72. The number of aromatic nitrogens is 2. The Morgan fingerprint density at radius 3 is 2.29 bits per heavy atom. The zero-order valence-corrected chi connectivity index (χ0v) is 17.7. The summed E-state index contributed by atoms with van der Waals surface area (Å²) in [5.74, 6) is -0.828. The minimum absolute atomic E-state index is 0.0978. The summed E-state index contributed by atoms with van der Waals surface area (Å²) in [6.07, 6.45) is -6.78. The third-order valence-corrected chi connectivity index (χ3v) is 5.25. The molecule has 0 atom stereocenters. The third-order valence-electron chi connectivity index (χ3n) is 5.25. The second-order valence-electron chi connectivity index (χ2n) is 7.65. The number of benzene rings is 2. The van der Waals surface area contributed by atoms with E-state index in [0.29, 0.717) is 5.52 Å². The lowest BCUT2D eigenvalue weighted by Gasteiger charge is -2.15. The summed E-state index contributed by atoms with van der Waals surface area (Å²) in [6.45, 7) is -0.777. The number of ether oxygens (including phenoxy) is 1. The molecule has 5 nitrogen and oxygen atoms in total. The van der Waals surface area contributed by atoms with Gasteiger partial charge >= 0.3 is 18.3 Å². The number of nitrogens with zero attached hydrogens (tertiary/aromatic N) is 2. The van der Waals surface area contributed by atoms with Crippen LogP contribution >= 0.6 is 0 Å². The number of carboxylic acid groups (broad SMARTS) is 1. The van der Waals surface area contributed by atoms with Crippen molar-refractivity contribution < 1.29 is 41.0 Å². The fourth-order valence-electron chi connectivity index (χ4n) is 3.55. The smallest absolute Gasteiger partial charge is 0.416 e. The van der Waals surface area contributed by atoms with Crippen LogP contribution in [0, 0.1) is 0 Å². The topological polar surface area (TPSA) is 64.3 Å². The SMILES string of the molecule is O=C(O)Cn1ccc2ccc(OCc3cnc(-c4ccc(C(F)(F)F)cc4)cc3C(F)(F)F)cc21. The molecule has 0 saturated heterocycles. The average Bonchev–Trinajstić information content (AvgIpc) is 3.18. The largest absolute Gasteiger partial charge is 0.489 e. The highest BCUT2D eigenvalue weighted by Crippen LogP contribution is 2.36. The molecule has 0 unspecified atom stereocenters. The van der Waals surface area contributed by atoms with Crippen LogP contribution in [0.2, 0.25) is 0 Å². The molecular formula is C24H16F6N2O3. The van der Waals surface area contributed by atoms with Crippen LogP contribution in [0.25, 0.3) is 22.2 Å². The zero-order chi connectivity index (χ0) is 25.4. The van der Waals surface area contributed by atoms with Crippen LogP contribution in [0.5, 0.6) is 5.75 Å². The first-order valence-corrected chi connectivity index (χ1v) is 10.1. The van der Waals surface area contributed by atoms with Crippen molar-refractivity contribution in [1.82, 2.24) is 9.55 Å². The van der Waals surface area contributed by atoms with Gasteiger partial charge in [0.05, 0.1) is 22.3 Å². The Morgan fingerprint density at radius 1 is 0.943 bits per heavy atom. The number of pyridine rings is 1. The lowest BCUT2D eigenvalue weighted by molar-refractivity contribution is -0.139. The summed E-state index contributed by atoms with van der Waals surface area (Å²) in [7, 11) is 0. The summed E-state index contributed by atoms with van der Waals surface area (Å²) in [6, 6.07) is 10.9. The molecule has 0 aliphatic carbocycles. The summed E-state index contributed by atoms with van der Waals surface area (Å²) in [5, 5.41) is 9.74. The molecule has 0 bridgehead atoms. The number of carbonyl (C=O) groups is 1. The first-order chi connectivity index (χ1) is 16.4. The van der Waals surface area contributed by atoms with Gasteiger partial charge in [0.1, 0.15) is 18.9 Å². The van der Waals surface area contributed by atoms with E-state index in [9.17, 15) is 31.1 Å². The van der Waals surface area contributed by atoms with Crippen molar-refractivity contribution in [2.75, 3.05) is 0 Å². The minimum atomic E-state index is -4.76. The molecule has 0 saturated carbocycles. The van der Waals surface area contributed by atoms with Gasteiger partial charge in [-0.2, -0.15) is 26.3 Å². The molecule has 0 amide bonds. The summed E-state index contributed by atoms with van der Waals surface area (Å²) >= 11 is 0. The number of fused-ring (bicyclic) bond motifs is 1. The van der Waals surface area contributed by atoms with Crippen LogP contribution < -0.4 is 4.74 Å². The molecule has 0 fully saturated rings. The lowest BCUT2D eigenvalue weighted by atomic mass is 10.0. The molecule has 1 N–H and O–H groups in total. The second-order valence-corrected chi connectivity index (χ2v) is 7.65. The van der Waals surface area contributed by atoms with Gasteiger partial charge in [-0.15, -0.1) is 0 Å². The van der Waals surface area contributed by atoms with Crippen LogP contribution in [0.15, 0.2) is 67.0 Å². The van der Waals surface area contributed by atoms with Crippen molar-refractivity contribution in [2.24, 2.45) is 0 Å². The van der Waals surface area contributed by atoms with Crippen LogP contribution in [0.1, 0.15) is 16.7 Å². The average molecular weight is 494 g/mol. The molecule has 0 aliphatic rings. The van der Waals surface area contributed by atoms with Crippen LogP contribution in [0.4, 0.5) is 26.3 Å². The van der Waals surface area contributed by atoms with Crippen molar-refractivity contribution >= 4 is 16.9 Å². The van der Waals surface area contributed by atoms with E-state index in [0.717, 1.165) is 41.9 Å². The third kappa shape index (κ3) is 5.39. The second kappa shape index (κ2) is 8.97. The van der Waals surface area contributed by atoms with Gasteiger partial charge in [0, 0.05) is 29.6 Å². The standard InChI is InChI=1S/C24H16F6N2O3/c25-23(26,27)17-4-1-14(2-5-17)20-10-19(24(28,29)30)16(11-31-20)13-35-18-6-3-15-7-8-32(12-22(33)34)21(15)9-18/h1-11H,12-13H2,(H,33,34). The van der Waals surface area contributed by atoms with Crippen LogP contribution in [0.3, 0.4) is 0 Å². The van der Waals surface area contributed by atoms with E-state index < -0.39 is 36.1 Å². The highest BCUT2D eigenvalue weighted by Gasteiger charge is 2.34. The van der Waals surface area contributed by atoms with E-state index in [1.165, 1.54) is 10.6 Å². The Bertz CT molecular complexity index is 1380. The maximum Gasteiger partial charge on any atom is 0.416 e. The molecule has 35 heavy (non-hydrogen) atoms. The molecule has 4 aromatic rings. The number of hydrogen-bond donors (Lipinski definition) is 1. The maximum absolute atomic E-state index is 13.7. The van der Waals surface area contributed by atoms with Crippen molar-refractivity contribution in [3.8, 4) is 17.0 Å². The first-order valence-electron chi connectivity index (χ1n) is 10.1. The Hall–Kier alpha value is -4.02. The van der Waals surface area contributed by atoms with Crippen LogP contribution in [-0.4, -0.2) is 20.6 Å². The van der Waals surface area contributed by atoms with Gasteiger partial charge in [0.15, 0.2) is 0 Å². The van der Waals surface area contributed by atoms with E-state index in [-0.39, 0.29) is 29.1 Å². The fourth-order valence-corrected chi connectivity index (χ4v) is 3.55. The highest BCUT2D eigenvalue weighted by atomic mass is 19.4. The molecule has 2 aromatic carbocycles. The minimum Gasteiger partial charge on any atom is -0.489 e. The van der Waals surface area contributed by atoms with Gasteiger partial charge in [-0.25, -0.2) is 0 Å². The Kier molecular flexibility index (Phi) is 6.18. The van der Waals surface area contributed by atoms with Crippen molar-refractivity contribution in [1.29, 1.82) is 0 Å². The van der Waals surface area contributed by atoms with E-state index in [1.54, 1.807) is 24.4 Å². The molecule has 2 heterocycles. The number of hydrogen-bond acceptors (Lipinski definition) is 3. The lowest BCUT2D eigenvalue weighted by Crippen LogP contribution is -2.12. The number of alkyl halides is 6. The number of aliphatic carboxylic acids is 1. The van der Waals surface area contributed by atoms with Gasteiger partial charge in [0.2, 0.25) is 0 Å². The monoisotopic (exact) mass is 494 g/mol. The van der Waals surface area contributed by atoms with Crippen molar-refractivity contribution in [3.63, 3.8) is 0 Å². The first kappa shape index (κ1) is 24.1. The Labute approximate surface area is 194 Å². The van der Waals surface area contributed by atoms with Crippen LogP contribution in [-0.2, 0) is 30.3 Å². The summed E-state index contributed by atoms with van der Waals surface area (Å²) < 4.78 is 86.5. The Balaban J connectivity index is 1.60. The van der Waals surface area contributed by atoms with Gasteiger partial charge in [-0.3, -0.25) is 9.78 Å². The van der Waals surface area contributed by atoms with E-state index >= 15 is 0 Å². The van der Waals surface area contributed by atoms with Crippen molar-refractivity contribution in [2.45, 2.75) is 25.5 Å². The molecule has 4 rings (SSSR count). The molecular weight excluding hydrogens is 478 g/mol. The molecule has 11 heteroatoms. The quantitative estimate of drug-likeness (QED) is 0.315. The predicted octanol–water partition coefficient (Wildman–Crippen LogP) is 6.40. The molecule has 0 radical (unpaired) electrons. The van der Waals surface area contributed by atoms with Crippen molar-refractivity contribution in [3.05, 3.63) is 83.7 Å². The highest BCUT2D eigenvalue weighted by molar-refractivity contribution is 5.83. The normalized spacial score (nSPS) is 12.2. The predicted molar refractivity (Wildman–Crippen MR) is 114 cm³/mol. The molecule has 2 aromatic heterocycles. The van der Waals surface area contributed by atoms with Gasteiger partial charge in [-0.1, -0.05) is 12.1 Å². The van der Waals surface area contributed by atoms with E-state index in [2.05, 4.69) is 4.98 Å². The van der Waals surface area contributed by atoms with E-state index in [4.69, 9.17) is 9.84 Å². The number of rotatable bonds is 6. The van der Waals surface area contributed by atoms with Gasteiger partial charge < -0.3 is 14.4 Å².